The molecule has 0 aromatic heterocycles. The monoisotopic (exact) mass is 371 g/mol. The summed E-state index contributed by atoms with van der Waals surface area (Å²) >= 11 is 0. The van der Waals surface area contributed by atoms with Crippen LogP contribution in [0.25, 0.3) is 11.1 Å². The average Bonchev–Trinajstić information content (AvgIpc) is 2.35. The molecule has 0 fully saturated rings. The van der Waals surface area contributed by atoms with E-state index in [1.807, 2.05) is 0 Å². The van der Waals surface area contributed by atoms with Gasteiger partial charge in [0.1, 0.15) is 6.54 Å². The molecule has 0 aliphatic heterocycles. The summed E-state index contributed by atoms with van der Waals surface area (Å²) in [5.74, 6) is 0. The first-order valence-electron chi connectivity index (χ1n) is 7.09. The van der Waals surface area contributed by atoms with E-state index in [1.54, 1.807) is 0 Å². The van der Waals surface area contributed by atoms with Crippen LogP contribution in [0, 0.1) is 20.8 Å². The molecular weight excluding hydrogens is 351 g/mol. The Morgan fingerprint density at radius 1 is 0.750 bits per heavy atom. The van der Waals surface area contributed by atoms with Gasteiger partial charge in [-0.2, -0.15) is 0 Å². The Balaban J connectivity index is 0.000000351. The molecule has 0 radical (unpaired) electrons. The summed E-state index contributed by atoms with van der Waals surface area (Å²) in [6.45, 7) is 7.29. The van der Waals surface area contributed by atoms with Gasteiger partial charge in [-0.05, 0) is 37.5 Å². The van der Waals surface area contributed by atoms with Crippen molar-refractivity contribution in [2.75, 3.05) is 0 Å². The van der Waals surface area contributed by atoms with Gasteiger partial charge in [0.25, 0.3) is 0 Å². The third kappa shape index (κ3) is 8.31. The fourth-order valence-electron chi connectivity index (χ4n) is 2.27. The summed E-state index contributed by atoms with van der Waals surface area (Å²) in [7, 11) is -10.7. The van der Waals surface area contributed by atoms with Gasteiger partial charge in [0.2, 0.25) is 0 Å². The zero-order valence-electron chi connectivity index (χ0n) is 13.6. The van der Waals surface area contributed by atoms with E-state index in [2.05, 4.69) is 62.9 Å². The van der Waals surface area contributed by atoms with Crippen molar-refractivity contribution in [3.05, 3.63) is 58.7 Å². The molecule has 8 heteroatoms. The Morgan fingerprint density at radius 3 is 1.67 bits per heavy atom. The molecule has 0 aliphatic rings. The van der Waals surface area contributed by atoms with Gasteiger partial charge in [-0.15, -0.1) is 0 Å². The molecule has 0 unspecified atom stereocenters. The van der Waals surface area contributed by atoms with Crippen molar-refractivity contribution >= 4 is 7.81 Å². The molecule has 136 valence electrons. The number of halogens is 6. The molecule has 0 aliphatic carbocycles. The van der Waals surface area contributed by atoms with Gasteiger partial charge < -0.3 is 5.73 Å². The van der Waals surface area contributed by atoms with Crippen LogP contribution in [0.2, 0.25) is 0 Å². The van der Waals surface area contributed by atoms with E-state index >= 15 is 0 Å². The molecule has 2 rings (SSSR count). The third-order valence-corrected chi connectivity index (χ3v) is 3.21. The average molecular weight is 371 g/mol. The minimum absolute atomic E-state index is 0.836. The first-order chi connectivity index (χ1) is 10.6. The molecule has 2 aromatic carbocycles. The van der Waals surface area contributed by atoms with Crippen LogP contribution in [-0.4, -0.2) is 0 Å². The van der Waals surface area contributed by atoms with Gasteiger partial charge in [-0.1, -0.05) is 47.5 Å². The predicted octanol–water partition coefficient (Wildman–Crippen LogP) is 6.40. The first-order valence-corrected chi connectivity index (χ1v) is 9.12. The standard InChI is InChI=1S/C16H19N.F6P/c1-11-5-7-15(13(3)8-11)16-9-12(2)4-6-14(16)10-17;1-7(2,3,4,5)6/h4-9H,10,17H2,1-3H3;/q;-1/p+1. The molecule has 0 saturated heterocycles. The summed E-state index contributed by atoms with van der Waals surface area (Å²) in [5.41, 5.74) is 12.0. The normalized spacial score (nSPS) is 14.2. The molecule has 0 heterocycles. The van der Waals surface area contributed by atoms with Crippen LogP contribution in [0.5, 0.6) is 0 Å². The molecule has 0 amide bonds. The second-order valence-electron chi connectivity index (χ2n) is 5.69. The van der Waals surface area contributed by atoms with E-state index in [-0.39, 0.29) is 0 Å². The molecule has 24 heavy (non-hydrogen) atoms. The Bertz CT molecular complexity index is 727. The van der Waals surface area contributed by atoms with Crippen LogP contribution in [0.15, 0.2) is 36.4 Å². The molecule has 0 bridgehead atoms. The fourth-order valence-corrected chi connectivity index (χ4v) is 2.27. The number of quaternary nitrogens is 1. The fraction of sp³-hybridized carbons (Fsp3) is 0.250. The van der Waals surface area contributed by atoms with Gasteiger partial charge >= 0.3 is 33.0 Å². The van der Waals surface area contributed by atoms with Crippen LogP contribution in [0.3, 0.4) is 0 Å². The summed E-state index contributed by atoms with van der Waals surface area (Å²) < 4.78 is 59.2. The van der Waals surface area contributed by atoms with Gasteiger partial charge in [0, 0.05) is 5.56 Å². The van der Waals surface area contributed by atoms with Crippen molar-refractivity contribution < 1.29 is 30.9 Å². The molecule has 2 aromatic rings. The van der Waals surface area contributed by atoms with Gasteiger partial charge in [-0.3, -0.25) is 0 Å². The van der Waals surface area contributed by atoms with Crippen molar-refractivity contribution in [2.24, 2.45) is 0 Å². The summed E-state index contributed by atoms with van der Waals surface area (Å²) in [6.07, 6.45) is 0. The van der Waals surface area contributed by atoms with E-state index in [9.17, 15) is 25.2 Å². The molecule has 0 saturated carbocycles. The summed E-state index contributed by atoms with van der Waals surface area (Å²) in [5, 5.41) is 0. The van der Waals surface area contributed by atoms with Crippen LogP contribution >= 0.6 is 7.81 Å². The van der Waals surface area contributed by atoms with Gasteiger partial charge in [0.15, 0.2) is 0 Å². The van der Waals surface area contributed by atoms with Gasteiger partial charge in [0.05, 0.1) is 0 Å². The number of rotatable bonds is 2. The molecule has 0 atom stereocenters. The Hall–Kier alpha value is -1.59. The summed E-state index contributed by atoms with van der Waals surface area (Å²) in [6, 6.07) is 13.3. The summed E-state index contributed by atoms with van der Waals surface area (Å²) in [4.78, 5) is 0. The quantitative estimate of drug-likeness (QED) is 0.467. The topological polar surface area (TPSA) is 27.6 Å². The maximum atomic E-state index is 9.87. The van der Waals surface area contributed by atoms with Crippen LogP contribution in [0.4, 0.5) is 25.2 Å². The van der Waals surface area contributed by atoms with E-state index in [0.717, 1.165) is 6.54 Å². The first kappa shape index (κ1) is 20.5. The van der Waals surface area contributed by atoms with E-state index < -0.39 is 7.81 Å². The zero-order valence-corrected chi connectivity index (χ0v) is 14.5. The van der Waals surface area contributed by atoms with Crippen LogP contribution < -0.4 is 5.73 Å². The Labute approximate surface area is 136 Å². The molecular formula is C16H20F6NP. The Kier molecular flexibility index (Phi) is 5.15. The van der Waals surface area contributed by atoms with E-state index in [0.29, 0.717) is 0 Å². The minimum atomic E-state index is -10.7. The third-order valence-electron chi connectivity index (χ3n) is 3.21. The second kappa shape index (κ2) is 6.05. The van der Waals surface area contributed by atoms with Gasteiger partial charge in [-0.25, -0.2) is 0 Å². The number of benzene rings is 2. The second-order valence-corrected chi connectivity index (χ2v) is 7.60. The molecule has 0 spiro atoms. The van der Waals surface area contributed by atoms with Crippen molar-refractivity contribution in [1.82, 2.24) is 0 Å². The van der Waals surface area contributed by atoms with Crippen molar-refractivity contribution in [2.45, 2.75) is 27.3 Å². The van der Waals surface area contributed by atoms with Crippen molar-refractivity contribution in [3.8, 4) is 11.1 Å². The number of hydrogen-bond donors (Lipinski definition) is 1. The Morgan fingerprint density at radius 2 is 1.21 bits per heavy atom. The SMILES string of the molecule is Cc1ccc(-c2cc(C)ccc2C[NH3+])c(C)c1.F[P-](F)(F)(F)(F)F. The number of hydrogen-bond acceptors (Lipinski definition) is 0. The zero-order chi connectivity index (χ0) is 18.8. The van der Waals surface area contributed by atoms with Crippen LogP contribution in [-0.2, 0) is 6.54 Å². The number of aryl methyl sites for hydroxylation is 3. The van der Waals surface area contributed by atoms with Crippen LogP contribution in [0.1, 0.15) is 22.3 Å². The maximum absolute atomic E-state index is 10.7. The molecule has 3 N–H and O–H groups in total. The van der Waals surface area contributed by atoms with Crippen molar-refractivity contribution in [1.29, 1.82) is 0 Å². The van der Waals surface area contributed by atoms with E-state index in [4.69, 9.17) is 0 Å². The van der Waals surface area contributed by atoms with Crippen molar-refractivity contribution in [3.63, 3.8) is 0 Å². The van der Waals surface area contributed by atoms with E-state index in [1.165, 1.54) is 33.4 Å². The molecule has 1 nitrogen and oxygen atoms in total. The predicted molar refractivity (Wildman–Crippen MR) is 86.2 cm³/mol.